The number of nitrogens with one attached hydrogen (secondary N) is 1. The molecule has 2 heteroatoms. The van der Waals surface area contributed by atoms with Crippen LogP contribution in [0.5, 0.6) is 0 Å². The minimum atomic E-state index is 0.902. The molecule has 0 unspecified atom stereocenters. The van der Waals surface area contributed by atoms with Gasteiger partial charge in [-0.2, -0.15) is 0 Å². The van der Waals surface area contributed by atoms with E-state index in [1.165, 1.54) is 11.1 Å². The summed E-state index contributed by atoms with van der Waals surface area (Å²) in [6.07, 6.45) is 3.52. The van der Waals surface area contributed by atoms with Crippen LogP contribution in [0.1, 0.15) is 5.56 Å². The van der Waals surface area contributed by atoms with E-state index in [9.17, 15) is 0 Å². The van der Waals surface area contributed by atoms with Gasteiger partial charge in [0, 0.05) is 30.6 Å². The fourth-order valence-corrected chi connectivity index (χ4v) is 1.50. The molecule has 0 spiro atoms. The SMILES string of the molecule is CNCc1ccc(-c2c[c]cnc2)cc1. The number of hydrogen-bond acceptors (Lipinski definition) is 2. The smallest absolute Gasteiger partial charge is 0.0347 e. The lowest BCUT2D eigenvalue weighted by atomic mass is 10.1. The highest BCUT2D eigenvalue weighted by molar-refractivity contribution is 5.62. The average molecular weight is 197 g/mol. The van der Waals surface area contributed by atoms with Crippen molar-refractivity contribution in [2.24, 2.45) is 0 Å². The van der Waals surface area contributed by atoms with Crippen molar-refractivity contribution in [3.63, 3.8) is 0 Å². The lowest BCUT2D eigenvalue weighted by Gasteiger charge is -2.03. The van der Waals surface area contributed by atoms with Gasteiger partial charge >= 0.3 is 0 Å². The maximum absolute atomic E-state index is 4.05. The summed E-state index contributed by atoms with van der Waals surface area (Å²) in [4.78, 5) is 4.05. The molecule has 1 aromatic carbocycles. The van der Waals surface area contributed by atoms with Crippen LogP contribution in [0.4, 0.5) is 0 Å². The minimum Gasteiger partial charge on any atom is -0.316 e. The Morgan fingerprint density at radius 3 is 2.60 bits per heavy atom. The van der Waals surface area contributed by atoms with Crippen LogP contribution in [0.25, 0.3) is 11.1 Å². The standard InChI is InChI=1S/C13H13N2/c1-14-9-11-4-6-12(7-5-11)13-3-2-8-15-10-13/h3-8,10,14H,9H2,1H3. The molecule has 1 N–H and O–H groups in total. The summed E-state index contributed by atoms with van der Waals surface area (Å²) in [6.45, 7) is 0.902. The fourth-order valence-electron chi connectivity index (χ4n) is 1.50. The maximum Gasteiger partial charge on any atom is 0.0347 e. The van der Waals surface area contributed by atoms with Crippen molar-refractivity contribution >= 4 is 0 Å². The third-order valence-electron chi connectivity index (χ3n) is 2.27. The molecule has 0 saturated carbocycles. The molecule has 2 rings (SSSR count). The first kappa shape index (κ1) is 9.87. The first-order valence-corrected chi connectivity index (χ1v) is 4.95. The number of nitrogens with zero attached hydrogens (tertiary/aromatic N) is 1. The number of pyridine rings is 1. The predicted molar refractivity (Wildman–Crippen MR) is 61.3 cm³/mol. The molecule has 2 nitrogen and oxygen atoms in total. The Kier molecular flexibility index (Phi) is 3.10. The van der Waals surface area contributed by atoms with E-state index in [0.29, 0.717) is 0 Å². The van der Waals surface area contributed by atoms with Crippen LogP contribution in [-0.4, -0.2) is 12.0 Å². The van der Waals surface area contributed by atoms with E-state index < -0.39 is 0 Å². The van der Waals surface area contributed by atoms with Crippen molar-refractivity contribution in [3.05, 3.63) is 54.4 Å². The number of rotatable bonds is 3. The summed E-state index contributed by atoms with van der Waals surface area (Å²) in [7, 11) is 1.95. The molecule has 15 heavy (non-hydrogen) atoms. The molecule has 0 aliphatic heterocycles. The first-order valence-electron chi connectivity index (χ1n) is 4.95. The van der Waals surface area contributed by atoms with Gasteiger partial charge in [-0.1, -0.05) is 24.3 Å². The second kappa shape index (κ2) is 4.71. The van der Waals surface area contributed by atoms with E-state index in [2.05, 4.69) is 40.6 Å². The molecule has 2 aromatic rings. The molecule has 1 heterocycles. The van der Waals surface area contributed by atoms with Crippen LogP contribution in [0.2, 0.25) is 0 Å². The number of aromatic nitrogens is 1. The molecular weight excluding hydrogens is 184 g/mol. The van der Waals surface area contributed by atoms with Crippen LogP contribution in [0.3, 0.4) is 0 Å². The molecule has 0 bridgehead atoms. The van der Waals surface area contributed by atoms with Gasteiger partial charge in [0.1, 0.15) is 0 Å². The van der Waals surface area contributed by atoms with E-state index in [4.69, 9.17) is 0 Å². The number of benzene rings is 1. The van der Waals surface area contributed by atoms with Crippen molar-refractivity contribution in [2.45, 2.75) is 6.54 Å². The molecule has 0 fully saturated rings. The largest absolute Gasteiger partial charge is 0.316 e. The van der Waals surface area contributed by atoms with Gasteiger partial charge in [-0.15, -0.1) is 0 Å². The van der Waals surface area contributed by atoms with Gasteiger partial charge in [0.15, 0.2) is 0 Å². The Bertz CT molecular complexity index is 406. The van der Waals surface area contributed by atoms with E-state index in [1.807, 2.05) is 19.3 Å². The zero-order chi connectivity index (χ0) is 10.5. The molecule has 1 aromatic heterocycles. The van der Waals surface area contributed by atoms with Crippen molar-refractivity contribution in [1.29, 1.82) is 0 Å². The Labute approximate surface area is 90.0 Å². The summed E-state index contributed by atoms with van der Waals surface area (Å²) >= 11 is 0. The van der Waals surface area contributed by atoms with Crippen molar-refractivity contribution < 1.29 is 0 Å². The van der Waals surface area contributed by atoms with Crippen LogP contribution < -0.4 is 5.32 Å². The zero-order valence-corrected chi connectivity index (χ0v) is 8.70. The predicted octanol–water partition coefficient (Wildman–Crippen LogP) is 2.27. The third kappa shape index (κ3) is 2.42. The molecule has 0 aliphatic carbocycles. The van der Waals surface area contributed by atoms with Gasteiger partial charge in [0.05, 0.1) is 0 Å². The van der Waals surface area contributed by atoms with Crippen LogP contribution in [-0.2, 0) is 6.54 Å². The van der Waals surface area contributed by atoms with E-state index in [1.54, 1.807) is 6.20 Å². The normalized spacial score (nSPS) is 10.2. The summed E-state index contributed by atoms with van der Waals surface area (Å²) in [6, 6.07) is 13.4. The maximum atomic E-state index is 4.05. The molecule has 0 atom stereocenters. The molecule has 0 aliphatic rings. The second-order valence-electron chi connectivity index (χ2n) is 3.40. The van der Waals surface area contributed by atoms with Crippen LogP contribution >= 0.6 is 0 Å². The fraction of sp³-hybridized carbons (Fsp3) is 0.154. The van der Waals surface area contributed by atoms with Crippen molar-refractivity contribution in [1.82, 2.24) is 10.3 Å². The molecule has 75 valence electrons. The monoisotopic (exact) mass is 197 g/mol. The summed E-state index contributed by atoms with van der Waals surface area (Å²) in [5, 5.41) is 3.12. The Hall–Kier alpha value is -1.67. The minimum absolute atomic E-state index is 0.902. The zero-order valence-electron chi connectivity index (χ0n) is 8.70. The third-order valence-corrected chi connectivity index (χ3v) is 2.27. The van der Waals surface area contributed by atoms with Gasteiger partial charge < -0.3 is 5.32 Å². The van der Waals surface area contributed by atoms with Crippen molar-refractivity contribution in [3.8, 4) is 11.1 Å². The molecular formula is C13H13N2. The highest BCUT2D eigenvalue weighted by Crippen LogP contribution is 2.17. The summed E-state index contributed by atoms with van der Waals surface area (Å²) < 4.78 is 0. The van der Waals surface area contributed by atoms with E-state index in [0.717, 1.165) is 12.1 Å². The molecule has 0 amide bonds. The average Bonchev–Trinajstić information content (AvgIpc) is 2.32. The Morgan fingerprint density at radius 2 is 2.00 bits per heavy atom. The second-order valence-corrected chi connectivity index (χ2v) is 3.40. The lowest BCUT2D eigenvalue weighted by Crippen LogP contribution is -2.04. The van der Waals surface area contributed by atoms with Gasteiger partial charge in [-0.3, -0.25) is 4.98 Å². The number of hydrogen-bond donors (Lipinski definition) is 1. The van der Waals surface area contributed by atoms with Gasteiger partial charge in [-0.25, -0.2) is 0 Å². The highest BCUT2D eigenvalue weighted by atomic mass is 14.8. The first-order chi connectivity index (χ1) is 7.40. The Morgan fingerprint density at radius 1 is 1.20 bits per heavy atom. The quantitative estimate of drug-likeness (QED) is 0.816. The van der Waals surface area contributed by atoms with Crippen LogP contribution in [0.15, 0.2) is 42.7 Å². The van der Waals surface area contributed by atoms with Crippen LogP contribution in [0, 0.1) is 6.07 Å². The van der Waals surface area contributed by atoms with Gasteiger partial charge in [0.25, 0.3) is 0 Å². The molecule has 0 saturated heterocycles. The highest BCUT2D eigenvalue weighted by Gasteiger charge is 1.96. The topological polar surface area (TPSA) is 24.9 Å². The van der Waals surface area contributed by atoms with E-state index >= 15 is 0 Å². The lowest BCUT2D eigenvalue weighted by molar-refractivity contribution is 0.818. The van der Waals surface area contributed by atoms with Gasteiger partial charge in [0.2, 0.25) is 0 Å². The molecule has 1 radical (unpaired) electrons. The van der Waals surface area contributed by atoms with E-state index in [-0.39, 0.29) is 0 Å². The van der Waals surface area contributed by atoms with Gasteiger partial charge in [-0.05, 0) is 24.2 Å². The summed E-state index contributed by atoms with van der Waals surface area (Å²) in [5.74, 6) is 0. The Balaban J connectivity index is 2.24. The summed E-state index contributed by atoms with van der Waals surface area (Å²) in [5.41, 5.74) is 3.57. The van der Waals surface area contributed by atoms with Crippen molar-refractivity contribution in [2.75, 3.05) is 7.05 Å².